The van der Waals surface area contributed by atoms with Gasteiger partial charge >= 0.3 is 5.97 Å². The lowest BCUT2D eigenvalue weighted by Crippen LogP contribution is -2.08. The minimum absolute atomic E-state index is 0.182. The molecule has 0 N–H and O–H groups in total. The molecule has 29 heavy (non-hydrogen) atoms. The van der Waals surface area contributed by atoms with Gasteiger partial charge in [0, 0.05) is 11.4 Å². The zero-order chi connectivity index (χ0) is 21.3. The van der Waals surface area contributed by atoms with E-state index >= 15 is 0 Å². The summed E-state index contributed by atoms with van der Waals surface area (Å²) in [5.74, 6) is -0.140. The molecule has 1 aromatic carbocycles. The maximum atomic E-state index is 11.9. The first-order valence-electron chi connectivity index (χ1n) is 10.3. The molecule has 0 amide bonds. The largest absolute Gasteiger partial charge is 0.423 e. The number of hydrogen-bond donors (Lipinski definition) is 0. The molecule has 5 heteroatoms. The van der Waals surface area contributed by atoms with Crippen LogP contribution in [-0.4, -0.2) is 5.97 Å². The van der Waals surface area contributed by atoms with E-state index in [9.17, 15) is 4.79 Å². The minimum atomic E-state index is -0.322. The number of benzene rings is 1. The second-order valence-corrected chi connectivity index (χ2v) is 8.02. The van der Waals surface area contributed by atoms with Crippen molar-refractivity contribution in [3.8, 4) is 5.75 Å². The molecule has 0 saturated carbocycles. The molecule has 2 nitrogen and oxygen atoms in total. The summed E-state index contributed by atoms with van der Waals surface area (Å²) in [6.07, 6.45) is 23.2. The van der Waals surface area contributed by atoms with Crippen molar-refractivity contribution in [1.82, 2.24) is 0 Å². The molecular formula is C24H31Cl3O2. The molecule has 1 aromatic rings. The van der Waals surface area contributed by atoms with E-state index in [0.717, 1.165) is 44.9 Å². The Kier molecular flexibility index (Phi) is 14.7. The van der Waals surface area contributed by atoms with Crippen LogP contribution in [0.3, 0.4) is 0 Å². The highest BCUT2D eigenvalue weighted by Gasteiger charge is 2.13. The molecule has 0 aliphatic heterocycles. The van der Waals surface area contributed by atoms with Gasteiger partial charge in [0.15, 0.2) is 5.75 Å². The maximum Gasteiger partial charge on any atom is 0.311 e. The van der Waals surface area contributed by atoms with Crippen molar-refractivity contribution >= 4 is 40.8 Å². The van der Waals surface area contributed by atoms with Gasteiger partial charge < -0.3 is 4.74 Å². The number of ether oxygens (including phenoxy) is 1. The van der Waals surface area contributed by atoms with Gasteiger partial charge in [-0.25, -0.2) is 0 Å². The molecule has 0 radical (unpaired) electrons. The fourth-order valence-electron chi connectivity index (χ4n) is 2.68. The van der Waals surface area contributed by atoms with Crippen LogP contribution in [0.1, 0.15) is 71.1 Å². The van der Waals surface area contributed by atoms with E-state index in [-0.39, 0.29) is 21.8 Å². The first-order chi connectivity index (χ1) is 14.0. The lowest BCUT2D eigenvalue weighted by Gasteiger charge is -2.08. The highest BCUT2D eigenvalue weighted by atomic mass is 35.5. The van der Waals surface area contributed by atoms with E-state index in [2.05, 4.69) is 43.4 Å². The normalized spacial score (nSPS) is 11.9. The first kappa shape index (κ1) is 25.8. The van der Waals surface area contributed by atoms with E-state index in [4.69, 9.17) is 39.5 Å². The van der Waals surface area contributed by atoms with Gasteiger partial charge in [0.05, 0.1) is 10.0 Å². The molecule has 0 bridgehead atoms. The molecule has 0 heterocycles. The van der Waals surface area contributed by atoms with Crippen molar-refractivity contribution in [2.75, 3.05) is 0 Å². The van der Waals surface area contributed by atoms with Crippen LogP contribution in [-0.2, 0) is 4.79 Å². The van der Waals surface area contributed by atoms with Gasteiger partial charge in [-0.05, 0) is 50.7 Å². The number of rotatable bonds is 14. The summed E-state index contributed by atoms with van der Waals surface area (Å²) < 4.78 is 5.27. The van der Waals surface area contributed by atoms with Crippen molar-refractivity contribution in [2.24, 2.45) is 0 Å². The van der Waals surface area contributed by atoms with E-state index in [1.54, 1.807) is 0 Å². The summed E-state index contributed by atoms with van der Waals surface area (Å²) in [7, 11) is 0. The molecule has 1 rings (SSSR count). The number of allylic oxidation sites excluding steroid dienone is 6. The average molecular weight is 458 g/mol. The summed E-state index contributed by atoms with van der Waals surface area (Å²) >= 11 is 17.9. The van der Waals surface area contributed by atoms with Crippen molar-refractivity contribution < 1.29 is 9.53 Å². The van der Waals surface area contributed by atoms with Crippen LogP contribution in [0.25, 0.3) is 0 Å². The highest BCUT2D eigenvalue weighted by Crippen LogP contribution is 2.36. The molecule has 0 atom stereocenters. The van der Waals surface area contributed by atoms with Gasteiger partial charge in [-0.1, -0.05) is 97.4 Å². The average Bonchev–Trinajstić information content (AvgIpc) is 2.67. The number of hydrogen-bond acceptors (Lipinski definition) is 2. The lowest BCUT2D eigenvalue weighted by atomic mass is 10.1. The second-order valence-electron chi connectivity index (χ2n) is 6.77. The van der Waals surface area contributed by atoms with Gasteiger partial charge in [-0.3, -0.25) is 4.79 Å². The summed E-state index contributed by atoms with van der Waals surface area (Å²) in [6.45, 7) is 2.15. The predicted octanol–water partition coefficient (Wildman–Crippen LogP) is 9.14. The Morgan fingerprint density at radius 3 is 2.03 bits per heavy atom. The molecule has 0 aliphatic carbocycles. The molecule has 0 fully saturated rings. The molecule has 0 unspecified atom stereocenters. The Morgan fingerprint density at radius 2 is 1.38 bits per heavy atom. The third kappa shape index (κ3) is 12.8. The topological polar surface area (TPSA) is 26.3 Å². The number of halogens is 3. The monoisotopic (exact) mass is 456 g/mol. The van der Waals surface area contributed by atoms with Crippen LogP contribution in [0, 0.1) is 0 Å². The van der Waals surface area contributed by atoms with Crippen molar-refractivity contribution in [3.05, 3.63) is 63.7 Å². The van der Waals surface area contributed by atoms with Crippen molar-refractivity contribution in [1.29, 1.82) is 0 Å². The van der Waals surface area contributed by atoms with E-state index in [1.165, 1.54) is 25.0 Å². The minimum Gasteiger partial charge on any atom is -0.423 e. The number of unbranched alkanes of at least 4 members (excludes halogenated alkanes) is 5. The highest BCUT2D eigenvalue weighted by molar-refractivity contribution is 6.40. The molecule has 0 aromatic heterocycles. The Hall–Kier alpha value is -1.22. The van der Waals surface area contributed by atoms with Crippen LogP contribution in [0.2, 0.25) is 15.1 Å². The number of carbonyl (C=O) groups excluding carboxylic acids is 1. The predicted molar refractivity (Wildman–Crippen MR) is 126 cm³/mol. The van der Waals surface area contributed by atoms with Gasteiger partial charge in [0.2, 0.25) is 0 Å². The molecule has 0 saturated heterocycles. The van der Waals surface area contributed by atoms with E-state index in [0.29, 0.717) is 11.4 Å². The zero-order valence-electron chi connectivity index (χ0n) is 17.1. The third-order valence-corrected chi connectivity index (χ3v) is 4.99. The van der Waals surface area contributed by atoms with Crippen LogP contribution in [0.4, 0.5) is 0 Å². The van der Waals surface area contributed by atoms with Crippen LogP contribution < -0.4 is 4.74 Å². The summed E-state index contributed by atoms with van der Waals surface area (Å²) in [6, 6.07) is 3.01. The van der Waals surface area contributed by atoms with Gasteiger partial charge in [-0.2, -0.15) is 0 Å². The standard InChI is InChI=1S/C24H31Cl3O2/c1-2-3-4-5-6-7-8-9-10-11-12-13-14-15-16-17-23(28)29-24-21(26)18-20(25)19-22(24)27/h3-4,6-7,9-10,18-19H,2,5,8,11-17H2,1H3/b4-3-,7-6-,10-9-. The van der Waals surface area contributed by atoms with Crippen LogP contribution in [0.15, 0.2) is 48.6 Å². The fourth-order valence-corrected chi connectivity index (χ4v) is 3.57. The van der Waals surface area contributed by atoms with Gasteiger partial charge in [-0.15, -0.1) is 0 Å². The smallest absolute Gasteiger partial charge is 0.311 e. The zero-order valence-corrected chi connectivity index (χ0v) is 19.4. The Morgan fingerprint density at radius 1 is 0.828 bits per heavy atom. The van der Waals surface area contributed by atoms with Crippen LogP contribution >= 0.6 is 34.8 Å². The molecule has 0 aliphatic rings. The Labute approximate surface area is 190 Å². The summed E-state index contributed by atoms with van der Waals surface area (Å²) in [5.41, 5.74) is 0. The fraction of sp³-hybridized carbons (Fsp3) is 0.458. The Bertz CT molecular complexity index is 670. The quantitative estimate of drug-likeness (QED) is 0.120. The SMILES string of the molecule is CC/C=C\C/C=C\C/C=C\CCCCCCCC(=O)Oc1c(Cl)cc(Cl)cc1Cl. The summed E-state index contributed by atoms with van der Waals surface area (Å²) in [5, 5.41) is 0.895. The lowest BCUT2D eigenvalue weighted by molar-refractivity contribution is -0.134. The van der Waals surface area contributed by atoms with Gasteiger partial charge in [0.25, 0.3) is 0 Å². The number of carbonyl (C=O) groups is 1. The first-order valence-corrected chi connectivity index (χ1v) is 11.5. The summed E-state index contributed by atoms with van der Waals surface area (Å²) in [4.78, 5) is 11.9. The third-order valence-electron chi connectivity index (χ3n) is 4.21. The van der Waals surface area contributed by atoms with Crippen molar-refractivity contribution in [2.45, 2.75) is 71.1 Å². The Balaban J connectivity index is 2.04. The molecule has 0 spiro atoms. The van der Waals surface area contributed by atoms with Crippen LogP contribution in [0.5, 0.6) is 5.75 Å². The van der Waals surface area contributed by atoms with Crippen molar-refractivity contribution in [3.63, 3.8) is 0 Å². The van der Waals surface area contributed by atoms with E-state index < -0.39 is 0 Å². The second kappa shape index (κ2) is 16.6. The number of esters is 1. The van der Waals surface area contributed by atoms with E-state index in [1.807, 2.05) is 0 Å². The maximum absolute atomic E-state index is 11.9. The van der Waals surface area contributed by atoms with Gasteiger partial charge in [0.1, 0.15) is 0 Å². The molecule has 160 valence electrons. The molecular weight excluding hydrogens is 427 g/mol.